The van der Waals surface area contributed by atoms with Crippen molar-refractivity contribution in [3.63, 3.8) is 0 Å². The summed E-state index contributed by atoms with van der Waals surface area (Å²) < 4.78 is 38.5. The van der Waals surface area contributed by atoms with Gasteiger partial charge in [-0.25, -0.2) is 0 Å². The maximum absolute atomic E-state index is 12.8. The number of benzene rings is 2. The molecule has 1 aliphatic rings. The number of nitrogens with two attached hydrogens (primary N) is 1. The summed E-state index contributed by atoms with van der Waals surface area (Å²) in [6.45, 7) is 0.680. The van der Waals surface area contributed by atoms with E-state index in [-0.39, 0.29) is 18.0 Å². The summed E-state index contributed by atoms with van der Waals surface area (Å²) in [4.78, 5) is 18.3. The summed E-state index contributed by atoms with van der Waals surface area (Å²) in [5.41, 5.74) is 10.5. The van der Waals surface area contributed by atoms with Crippen LogP contribution in [0.25, 0.3) is 11.3 Å². The van der Waals surface area contributed by atoms with Gasteiger partial charge in [0.15, 0.2) is 0 Å². The lowest BCUT2D eigenvalue weighted by Gasteiger charge is -2.25. The van der Waals surface area contributed by atoms with Gasteiger partial charge in [0.25, 0.3) is 0 Å². The number of aryl methyl sites for hydroxylation is 1. The summed E-state index contributed by atoms with van der Waals surface area (Å²) in [6, 6.07) is 16.6. The Balaban J connectivity index is 1.28. The number of aromatic nitrogens is 1. The molecule has 1 aromatic heterocycles. The number of carbonyl (C=O) groups excluding carboxylic acids is 1. The van der Waals surface area contributed by atoms with Crippen LogP contribution in [-0.4, -0.2) is 22.3 Å². The van der Waals surface area contributed by atoms with Crippen molar-refractivity contribution in [1.29, 1.82) is 0 Å². The minimum absolute atomic E-state index is 0.139. The highest BCUT2D eigenvalue weighted by atomic mass is 19.4. The Bertz CT molecular complexity index is 1310. The van der Waals surface area contributed by atoms with Gasteiger partial charge in [0, 0.05) is 43.4 Å². The van der Waals surface area contributed by atoms with Crippen molar-refractivity contribution >= 4 is 22.9 Å². The Kier molecular flexibility index (Phi) is 8.08. The van der Waals surface area contributed by atoms with E-state index >= 15 is 0 Å². The summed E-state index contributed by atoms with van der Waals surface area (Å²) in [5.74, 6) is -0.319. The zero-order valence-corrected chi connectivity index (χ0v) is 20.1. The van der Waals surface area contributed by atoms with E-state index in [0.29, 0.717) is 19.4 Å². The number of nitrogens with zero attached hydrogens (tertiary/aromatic N) is 2. The van der Waals surface area contributed by atoms with E-state index < -0.39 is 11.7 Å². The number of alkyl halides is 3. The van der Waals surface area contributed by atoms with E-state index in [2.05, 4.69) is 21.3 Å². The fourth-order valence-corrected chi connectivity index (χ4v) is 4.08. The summed E-state index contributed by atoms with van der Waals surface area (Å²) in [7, 11) is 0. The van der Waals surface area contributed by atoms with Crippen molar-refractivity contribution in [1.82, 2.24) is 9.88 Å². The fraction of sp³-hybridized carbons (Fsp3) is 0.172. The first-order chi connectivity index (χ1) is 17.8. The molecule has 0 atom stereocenters. The first-order valence-corrected chi connectivity index (χ1v) is 11.9. The zero-order valence-electron chi connectivity index (χ0n) is 20.1. The fourth-order valence-electron chi connectivity index (χ4n) is 4.08. The second-order valence-corrected chi connectivity index (χ2v) is 8.59. The Morgan fingerprint density at radius 2 is 1.84 bits per heavy atom. The largest absolute Gasteiger partial charge is 0.416 e. The van der Waals surface area contributed by atoms with Crippen molar-refractivity contribution < 1.29 is 18.0 Å². The molecule has 37 heavy (non-hydrogen) atoms. The normalized spacial score (nSPS) is 13.9. The molecule has 0 spiro atoms. The highest BCUT2D eigenvalue weighted by Crippen LogP contribution is 2.31. The number of allylic oxidation sites excluding steroid dienone is 2. The summed E-state index contributed by atoms with van der Waals surface area (Å²) in [5, 5.41) is 2.54. The first kappa shape index (κ1) is 25.8. The third kappa shape index (κ3) is 6.88. The van der Waals surface area contributed by atoms with Crippen molar-refractivity contribution in [2.45, 2.75) is 25.4 Å². The summed E-state index contributed by atoms with van der Waals surface area (Å²) >= 11 is 0. The van der Waals surface area contributed by atoms with E-state index in [4.69, 9.17) is 5.73 Å². The zero-order chi connectivity index (χ0) is 26.3. The van der Waals surface area contributed by atoms with Gasteiger partial charge in [-0.2, -0.15) is 13.2 Å². The van der Waals surface area contributed by atoms with E-state index in [1.165, 1.54) is 12.1 Å². The number of hydrogen-bond acceptors (Lipinski definition) is 4. The first-order valence-electron chi connectivity index (χ1n) is 11.9. The maximum Gasteiger partial charge on any atom is 0.416 e. The molecule has 1 amide bonds. The highest BCUT2D eigenvalue weighted by molar-refractivity contribution is 5.90. The van der Waals surface area contributed by atoms with Gasteiger partial charge in [-0.15, -0.1) is 0 Å². The number of rotatable bonds is 8. The molecule has 0 saturated heterocycles. The van der Waals surface area contributed by atoms with Gasteiger partial charge in [-0.3, -0.25) is 9.78 Å². The Morgan fingerprint density at radius 3 is 2.49 bits per heavy atom. The maximum atomic E-state index is 12.8. The topological polar surface area (TPSA) is 71.2 Å². The standard InChI is InChI=1S/C29H27F3N4O/c30-29(31,32)25-4-2-5-26(19-25)35-28(37)6-1-3-21-7-9-24(10-8-21)27(20-33)36-17-13-23(14-18-36)22-11-15-34-16-12-22/h2,4-5,7-17,19-20H,1,3,6,18,33H2,(H,35,37)/b27-20-. The number of halogens is 3. The third-order valence-electron chi connectivity index (χ3n) is 6.02. The van der Waals surface area contributed by atoms with Crippen LogP contribution in [0.15, 0.2) is 97.6 Å². The van der Waals surface area contributed by atoms with E-state index in [9.17, 15) is 18.0 Å². The van der Waals surface area contributed by atoms with Gasteiger partial charge in [0.1, 0.15) is 0 Å². The van der Waals surface area contributed by atoms with Crippen molar-refractivity contribution in [2.75, 3.05) is 11.9 Å². The number of anilines is 1. The Morgan fingerprint density at radius 1 is 1.08 bits per heavy atom. The SMILES string of the molecule is N/C=C(/c1ccc(CCCC(=O)Nc2cccc(C(F)(F)F)c2)cc1)N1C=CC(c2ccncc2)=CC1. The predicted molar refractivity (Wildman–Crippen MR) is 140 cm³/mol. The Hall–Kier alpha value is -4.33. The molecule has 0 bridgehead atoms. The second kappa shape index (κ2) is 11.6. The quantitative estimate of drug-likeness (QED) is 0.381. The highest BCUT2D eigenvalue weighted by Gasteiger charge is 2.30. The monoisotopic (exact) mass is 504 g/mol. The van der Waals surface area contributed by atoms with Gasteiger partial charge in [0.05, 0.1) is 11.3 Å². The molecule has 8 heteroatoms. The molecule has 0 saturated carbocycles. The van der Waals surface area contributed by atoms with E-state index in [0.717, 1.165) is 40.1 Å². The number of hydrogen-bond donors (Lipinski definition) is 2. The van der Waals surface area contributed by atoms with Gasteiger partial charge >= 0.3 is 6.18 Å². The Labute approximate surface area is 213 Å². The van der Waals surface area contributed by atoms with Crippen LogP contribution in [0.5, 0.6) is 0 Å². The molecule has 3 N–H and O–H groups in total. The van der Waals surface area contributed by atoms with Crippen LogP contribution in [0, 0.1) is 0 Å². The summed E-state index contributed by atoms with van der Waals surface area (Å²) in [6.07, 6.45) is 8.30. The smallest absolute Gasteiger partial charge is 0.403 e. The van der Waals surface area contributed by atoms with Crippen LogP contribution < -0.4 is 11.1 Å². The molecule has 4 rings (SSSR count). The molecule has 0 radical (unpaired) electrons. The molecular weight excluding hydrogens is 477 g/mol. The average molecular weight is 505 g/mol. The van der Waals surface area contributed by atoms with Crippen LogP contribution in [0.2, 0.25) is 0 Å². The lowest BCUT2D eigenvalue weighted by atomic mass is 10.0. The molecule has 5 nitrogen and oxygen atoms in total. The van der Waals surface area contributed by atoms with Gasteiger partial charge < -0.3 is 16.0 Å². The number of carbonyl (C=O) groups is 1. The molecule has 0 unspecified atom stereocenters. The van der Waals surface area contributed by atoms with Crippen LogP contribution in [0.4, 0.5) is 18.9 Å². The average Bonchev–Trinajstić information content (AvgIpc) is 2.90. The van der Waals surface area contributed by atoms with Crippen molar-refractivity contribution in [3.05, 3.63) is 120 Å². The molecule has 3 aromatic rings. The van der Waals surface area contributed by atoms with E-state index in [1.54, 1.807) is 18.6 Å². The molecular formula is C29H27F3N4O. The third-order valence-corrected chi connectivity index (χ3v) is 6.02. The molecule has 2 heterocycles. The van der Waals surface area contributed by atoms with Gasteiger partial charge in [0.2, 0.25) is 5.91 Å². The molecule has 2 aromatic carbocycles. The van der Waals surface area contributed by atoms with Crippen molar-refractivity contribution in [3.8, 4) is 0 Å². The molecule has 1 aliphatic heterocycles. The number of nitrogens with one attached hydrogen (secondary N) is 1. The molecule has 190 valence electrons. The minimum Gasteiger partial charge on any atom is -0.403 e. The number of amides is 1. The molecule has 0 fully saturated rings. The predicted octanol–water partition coefficient (Wildman–Crippen LogP) is 6.23. The van der Waals surface area contributed by atoms with E-state index in [1.807, 2.05) is 48.7 Å². The molecule has 0 aliphatic carbocycles. The van der Waals surface area contributed by atoms with Gasteiger partial charge in [-0.05, 0) is 71.5 Å². The van der Waals surface area contributed by atoms with Crippen LogP contribution in [0.3, 0.4) is 0 Å². The second-order valence-electron chi connectivity index (χ2n) is 8.59. The van der Waals surface area contributed by atoms with Crippen LogP contribution in [0.1, 0.15) is 35.1 Å². The lowest BCUT2D eigenvalue weighted by Crippen LogP contribution is -2.19. The van der Waals surface area contributed by atoms with Gasteiger partial charge in [-0.1, -0.05) is 36.4 Å². The van der Waals surface area contributed by atoms with Crippen LogP contribution >= 0.6 is 0 Å². The minimum atomic E-state index is -4.45. The lowest BCUT2D eigenvalue weighted by molar-refractivity contribution is -0.137. The van der Waals surface area contributed by atoms with Crippen LogP contribution in [-0.2, 0) is 17.4 Å². The number of pyridine rings is 1. The van der Waals surface area contributed by atoms with Crippen molar-refractivity contribution in [2.24, 2.45) is 5.73 Å².